The van der Waals surface area contributed by atoms with Gasteiger partial charge in [-0.15, -0.1) is 0 Å². The Morgan fingerprint density at radius 2 is 1.77 bits per heavy atom. The first-order chi connectivity index (χ1) is 16.7. The van der Waals surface area contributed by atoms with Crippen LogP contribution in [0.1, 0.15) is 32.1 Å². The van der Waals surface area contributed by atoms with Crippen LogP contribution in [0.3, 0.4) is 0 Å². The van der Waals surface area contributed by atoms with E-state index >= 15 is 0 Å². The van der Waals surface area contributed by atoms with Gasteiger partial charge in [-0.05, 0) is 56.3 Å². The number of hydrogen-bond acceptors (Lipinski definition) is 8. The second-order valence-corrected chi connectivity index (χ2v) is 9.69. The van der Waals surface area contributed by atoms with Gasteiger partial charge in [-0.3, -0.25) is 4.79 Å². The molecule has 0 saturated carbocycles. The molecule has 35 heavy (non-hydrogen) atoms. The lowest BCUT2D eigenvalue weighted by Gasteiger charge is -2.28. The topological polar surface area (TPSA) is 134 Å². The van der Waals surface area contributed by atoms with E-state index in [0.717, 1.165) is 5.69 Å². The molecule has 0 amide bonds. The number of morpholine rings is 1. The molecule has 0 spiro atoms. The largest absolute Gasteiger partial charge is 0.454 e. The second kappa shape index (κ2) is 9.98. The van der Waals surface area contributed by atoms with Crippen molar-refractivity contribution in [1.82, 2.24) is 9.55 Å². The van der Waals surface area contributed by atoms with Gasteiger partial charge in [0.25, 0.3) is 0 Å². The number of benzene rings is 1. The number of primary sulfonamides is 1. The van der Waals surface area contributed by atoms with E-state index in [-0.39, 0.29) is 10.7 Å². The molecule has 3 aromatic rings. The zero-order valence-corrected chi connectivity index (χ0v) is 20.2. The van der Waals surface area contributed by atoms with Crippen molar-refractivity contribution in [3.63, 3.8) is 0 Å². The van der Waals surface area contributed by atoms with E-state index in [9.17, 15) is 18.0 Å². The predicted molar refractivity (Wildman–Crippen MR) is 128 cm³/mol. The number of aromatic nitrogens is 2. The molecule has 0 radical (unpaired) electrons. The first-order valence-corrected chi connectivity index (χ1v) is 12.5. The highest BCUT2D eigenvalue weighted by Crippen LogP contribution is 2.23. The first-order valence-electron chi connectivity index (χ1n) is 11.0. The smallest absolute Gasteiger partial charge is 0.342 e. The molecule has 0 unspecified atom stereocenters. The molecular weight excluding hydrogens is 472 g/mol. The van der Waals surface area contributed by atoms with E-state index in [2.05, 4.69) is 4.98 Å². The monoisotopic (exact) mass is 498 g/mol. The van der Waals surface area contributed by atoms with Crippen LogP contribution in [0.5, 0.6) is 0 Å². The SMILES string of the molecule is Cc1cc(C(=O)COC(=O)c2cccnc2N2CCOCC2)c(C)n1-c1ccc(S(N)(=O)=O)cc1. The fraction of sp³-hybridized carbons (Fsp3) is 0.292. The van der Waals surface area contributed by atoms with Gasteiger partial charge in [-0.25, -0.2) is 23.3 Å². The Hall–Kier alpha value is -3.54. The highest BCUT2D eigenvalue weighted by Gasteiger charge is 2.23. The number of nitrogens with two attached hydrogens (primary N) is 1. The number of ketones is 1. The van der Waals surface area contributed by atoms with Crippen molar-refractivity contribution in [3.05, 3.63) is 71.2 Å². The molecule has 2 N–H and O–H groups in total. The van der Waals surface area contributed by atoms with Gasteiger partial charge in [-0.2, -0.15) is 0 Å². The van der Waals surface area contributed by atoms with Crippen LogP contribution < -0.4 is 10.0 Å². The van der Waals surface area contributed by atoms with E-state index in [4.69, 9.17) is 14.6 Å². The molecule has 4 rings (SSSR count). The maximum Gasteiger partial charge on any atom is 0.342 e. The van der Waals surface area contributed by atoms with Crippen LogP contribution in [-0.4, -0.2) is 62.6 Å². The van der Waals surface area contributed by atoms with Gasteiger partial charge in [0.2, 0.25) is 15.8 Å². The standard InChI is InChI=1S/C24H26N4O6S/c1-16-14-21(17(2)28(16)18-5-7-19(8-6-18)35(25,31)32)22(29)15-34-24(30)20-4-3-9-26-23(20)27-10-12-33-13-11-27/h3-9,14H,10-13,15H2,1-2H3,(H2,25,31,32). The number of anilines is 1. The van der Waals surface area contributed by atoms with Crippen molar-refractivity contribution < 1.29 is 27.5 Å². The number of Topliss-reactive ketones (excluding diaryl/α,β-unsaturated/α-hetero) is 1. The molecule has 1 aromatic carbocycles. The molecule has 1 fully saturated rings. The molecule has 0 bridgehead atoms. The summed E-state index contributed by atoms with van der Waals surface area (Å²) in [5.41, 5.74) is 2.78. The zero-order chi connectivity index (χ0) is 25.2. The summed E-state index contributed by atoms with van der Waals surface area (Å²) in [7, 11) is -3.80. The number of nitrogens with zero attached hydrogens (tertiary/aromatic N) is 3. The molecule has 2 aromatic heterocycles. The van der Waals surface area contributed by atoms with Crippen molar-refractivity contribution in [2.75, 3.05) is 37.8 Å². The fourth-order valence-electron chi connectivity index (χ4n) is 4.10. The third kappa shape index (κ3) is 5.26. The number of pyridine rings is 1. The van der Waals surface area contributed by atoms with Crippen molar-refractivity contribution in [3.8, 4) is 5.69 Å². The van der Waals surface area contributed by atoms with Gasteiger partial charge in [0.05, 0.1) is 18.1 Å². The fourth-order valence-corrected chi connectivity index (χ4v) is 4.61. The number of carbonyl (C=O) groups is 2. The minimum Gasteiger partial charge on any atom is -0.454 e. The van der Waals surface area contributed by atoms with E-state index in [0.29, 0.717) is 54.6 Å². The third-order valence-corrected chi connectivity index (χ3v) is 6.74. The van der Waals surface area contributed by atoms with E-state index in [1.807, 2.05) is 16.4 Å². The quantitative estimate of drug-likeness (QED) is 0.386. The van der Waals surface area contributed by atoms with Crippen LogP contribution in [-0.2, 0) is 19.5 Å². The Kier molecular flexibility index (Phi) is 7.01. The van der Waals surface area contributed by atoms with Crippen molar-refractivity contribution in [1.29, 1.82) is 0 Å². The Morgan fingerprint density at radius 1 is 1.09 bits per heavy atom. The Balaban J connectivity index is 1.49. The van der Waals surface area contributed by atoms with Crippen LogP contribution >= 0.6 is 0 Å². The summed E-state index contributed by atoms with van der Waals surface area (Å²) in [6, 6.07) is 11.0. The van der Waals surface area contributed by atoms with Gasteiger partial charge in [0.1, 0.15) is 11.4 Å². The molecule has 184 valence electrons. The maximum atomic E-state index is 12.9. The lowest BCUT2D eigenvalue weighted by molar-refractivity contribution is 0.0474. The molecule has 3 heterocycles. The van der Waals surface area contributed by atoms with E-state index < -0.39 is 22.6 Å². The van der Waals surface area contributed by atoms with Crippen molar-refractivity contribution in [2.24, 2.45) is 5.14 Å². The third-order valence-electron chi connectivity index (χ3n) is 5.81. The van der Waals surface area contributed by atoms with E-state index in [1.165, 1.54) is 12.1 Å². The van der Waals surface area contributed by atoms with Crippen LogP contribution in [0.15, 0.2) is 53.6 Å². The number of rotatable bonds is 7. The normalized spacial score (nSPS) is 14.1. The molecule has 1 saturated heterocycles. The van der Waals surface area contributed by atoms with Crippen molar-refractivity contribution in [2.45, 2.75) is 18.7 Å². The lowest BCUT2D eigenvalue weighted by Crippen LogP contribution is -2.37. The highest BCUT2D eigenvalue weighted by atomic mass is 32.2. The maximum absolute atomic E-state index is 12.9. The molecule has 1 aliphatic heterocycles. The van der Waals surface area contributed by atoms with E-state index in [1.54, 1.807) is 43.5 Å². The molecule has 0 aliphatic carbocycles. The average molecular weight is 499 g/mol. The van der Waals surface area contributed by atoms with Crippen molar-refractivity contribution >= 4 is 27.6 Å². The Labute approximate surface area is 203 Å². The molecule has 0 atom stereocenters. The summed E-state index contributed by atoms with van der Waals surface area (Å²) in [5, 5.41) is 5.17. The number of sulfonamides is 1. The summed E-state index contributed by atoms with van der Waals surface area (Å²) < 4.78 is 35.6. The summed E-state index contributed by atoms with van der Waals surface area (Å²) in [5.74, 6) is -0.467. The van der Waals surface area contributed by atoms with Crippen LogP contribution in [0.25, 0.3) is 5.69 Å². The highest BCUT2D eigenvalue weighted by molar-refractivity contribution is 7.89. The van der Waals surface area contributed by atoms with Crippen LogP contribution in [0, 0.1) is 13.8 Å². The molecule has 11 heteroatoms. The predicted octanol–water partition coefficient (Wildman–Crippen LogP) is 2.01. The summed E-state index contributed by atoms with van der Waals surface area (Å²) >= 11 is 0. The van der Waals surface area contributed by atoms with Crippen LogP contribution in [0.4, 0.5) is 5.82 Å². The van der Waals surface area contributed by atoms with Gasteiger partial charge < -0.3 is 18.9 Å². The minimum atomic E-state index is -3.80. The second-order valence-electron chi connectivity index (χ2n) is 8.13. The van der Waals surface area contributed by atoms with Gasteiger partial charge >= 0.3 is 5.97 Å². The zero-order valence-electron chi connectivity index (χ0n) is 19.4. The number of carbonyl (C=O) groups excluding carboxylic acids is 2. The summed E-state index contributed by atoms with van der Waals surface area (Å²) in [6.07, 6.45) is 1.61. The minimum absolute atomic E-state index is 0.00113. The number of ether oxygens (including phenoxy) is 2. The molecule has 1 aliphatic rings. The Morgan fingerprint density at radius 3 is 2.43 bits per heavy atom. The lowest BCUT2D eigenvalue weighted by atomic mass is 10.1. The molecule has 10 nitrogen and oxygen atoms in total. The molecular formula is C24H26N4O6S. The number of hydrogen-bond donors (Lipinski definition) is 1. The van der Waals surface area contributed by atoms with Crippen LogP contribution in [0.2, 0.25) is 0 Å². The Bertz CT molecular complexity index is 1360. The number of esters is 1. The average Bonchev–Trinajstić information content (AvgIpc) is 3.16. The first kappa shape index (κ1) is 24.6. The van der Waals surface area contributed by atoms with Gasteiger partial charge in [0.15, 0.2) is 6.61 Å². The summed E-state index contributed by atoms with van der Waals surface area (Å²) in [4.78, 5) is 32.0. The van der Waals surface area contributed by atoms with Gasteiger partial charge in [-0.1, -0.05) is 0 Å². The summed E-state index contributed by atoms with van der Waals surface area (Å²) in [6.45, 7) is 5.49. The van der Waals surface area contributed by atoms with Gasteiger partial charge in [0, 0.05) is 41.9 Å². The number of aryl methyl sites for hydroxylation is 1.